The lowest BCUT2D eigenvalue weighted by atomic mass is 10.1. The predicted molar refractivity (Wildman–Crippen MR) is 48.0 cm³/mol. The van der Waals surface area contributed by atoms with E-state index in [2.05, 4.69) is 26.5 Å². The summed E-state index contributed by atoms with van der Waals surface area (Å²) in [4.78, 5) is 0. The van der Waals surface area contributed by atoms with Crippen LogP contribution in [0.2, 0.25) is 0 Å². The van der Waals surface area contributed by atoms with E-state index in [1.807, 2.05) is 12.2 Å². The lowest BCUT2D eigenvalue weighted by molar-refractivity contribution is 0.560. The van der Waals surface area contributed by atoms with E-state index in [1.54, 1.807) is 0 Å². The van der Waals surface area contributed by atoms with E-state index in [-0.39, 0.29) is 0 Å². The summed E-state index contributed by atoms with van der Waals surface area (Å²) >= 11 is 0. The molecule has 0 rings (SSSR count). The quantitative estimate of drug-likeness (QED) is 0.402. The molecule has 0 bridgehead atoms. The van der Waals surface area contributed by atoms with E-state index < -0.39 is 0 Å². The molecule has 0 amide bonds. The molecule has 0 spiro atoms. The highest BCUT2D eigenvalue weighted by molar-refractivity contribution is 4.96. The second-order valence-electron chi connectivity index (χ2n) is 2.99. The minimum Gasteiger partial charge on any atom is -0.0991 e. The summed E-state index contributed by atoms with van der Waals surface area (Å²) in [6.07, 6.45) is 9.86. The SMILES string of the molecule is C=C/C=C\CCCC(C)C. The molecule has 0 aromatic heterocycles. The van der Waals surface area contributed by atoms with E-state index in [4.69, 9.17) is 0 Å². The fraction of sp³-hybridized carbons (Fsp3) is 0.600. The van der Waals surface area contributed by atoms with Gasteiger partial charge in [0.1, 0.15) is 0 Å². The summed E-state index contributed by atoms with van der Waals surface area (Å²) in [7, 11) is 0. The molecule has 0 aliphatic carbocycles. The Labute approximate surface area is 64.6 Å². The van der Waals surface area contributed by atoms with E-state index in [0.29, 0.717) is 0 Å². The van der Waals surface area contributed by atoms with Crippen molar-refractivity contribution in [2.75, 3.05) is 0 Å². The second-order valence-corrected chi connectivity index (χ2v) is 2.99. The zero-order valence-electron chi connectivity index (χ0n) is 7.14. The fourth-order valence-electron chi connectivity index (χ4n) is 0.836. The van der Waals surface area contributed by atoms with Crippen molar-refractivity contribution in [2.45, 2.75) is 33.1 Å². The third kappa shape index (κ3) is 7.48. The van der Waals surface area contributed by atoms with Gasteiger partial charge >= 0.3 is 0 Å². The van der Waals surface area contributed by atoms with Crippen LogP contribution in [0.15, 0.2) is 24.8 Å². The maximum atomic E-state index is 3.61. The summed E-state index contributed by atoms with van der Waals surface area (Å²) in [5.41, 5.74) is 0. The van der Waals surface area contributed by atoms with Crippen molar-refractivity contribution in [1.29, 1.82) is 0 Å². The first-order valence-electron chi connectivity index (χ1n) is 4.05. The highest BCUT2D eigenvalue weighted by atomic mass is 14.0. The second kappa shape index (κ2) is 6.60. The summed E-state index contributed by atoms with van der Waals surface area (Å²) < 4.78 is 0. The standard InChI is InChI=1S/C10H18/c1-4-5-6-7-8-9-10(2)3/h4-6,10H,1,7-9H2,2-3H3/b6-5-. The van der Waals surface area contributed by atoms with Gasteiger partial charge in [-0.05, 0) is 18.8 Å². The summed E-state index contributed by atoms with van der Waals surface area (Å²) in [6.45, 7) is 8.13. The van der Waals surface area contributed by atoms with E-state index in [9.17, 15) is 0 Å². The normalized spacial score (nSPS) is 11.1. The zero-order valence-corrected chi connectivity index (χ0v) is 7.14. The lowest BCUT2D eigenvalue weighted by Crippen LogP contribution is -1.84. The molecule has 0 aromatic rings. The number of unbranched alkanes of at least 4 members (excludes halogenated alkanes) is 1. The van der Waals surface area contributed by atoms with Crippen molar-refractivity contribution in [3.8, 4) is 0 Å². The molecule has 0 nitrogen and oxygen atoms in total. The van der Waals surface area contributed by atoms with Crippen molar-refractivity contribution in [1.82, 2.24) is 0 Å². The van der Waals surface area contributed by atoms with Crippen molar-refractivity contribution in [3.05, 3.63) is 24.8 Å². The molecule has 0 saturated heterocycles. The molecule has 10 heavy (non-hydrogen) atoms. The van der Waals surface area contributed by atoms with Crippen LogP contribution in [-0.2, 0) is 0 Å². The zero-order chi connectivity index (χ0) is 7.82. The maximum absolute atomic E-state index is 3.61. The summed E-state index contributed by atoms with van der Waals surface area (Å²) in [6, 6.07) is 0. The predicted octanol–water partition coefficient (Wildman–Crippen LogP) is 3.55. The molecule has 0 radical (unpaired) electrons. The molecular formula is C10H18. The first kappa shape index (κ1) is 9.48. The van der Waals surface area contributed by atoms with Gasteiger partial charge in [-0.1, -0.05) is 45.1 Å². The van der Waals surface area contributed by atoms with Crippen LogP contribution >= 0.6 is 0 Å². The minimum absolute atomic E-state index is 0.845. The van der Waals surface area contributed by atoms with Crippen LogP contribution in [0, 0.1) is 5.92 Å². The van der Waals surface area contributed by atoms with Crippen molar-refractivity contribution >= 4 is 0 Å². The number of rotatable bonds is 5. The molecule has 0 aliphatic heterocycles. The molecule has 0 unspecified atom stereocenters. The average Bonchev–Trinajstić information content (AvgIpc) is 1.87. The Bertz CT molecular complexity index is 98.6. The first-order valence-corrected chi connectivity index (χ1v) is 4.05. The van der Waals surface area contributed by atoms with Gasteiger partial charge < -0.3 is 0 Å². The first-order chi connectivity index (χ1) is 4.77. The largest absolute Gasteiger partial charge is 0.0991 e. The Morgan fingerprint density at radius 3 is 2.60 bits per heavy atom. The van der Waals surface area contributed by atoms with Gasteiger partial charge in [0.05, 0.1) is 0 Å². The van der Waals surface area contributed by atoms with Crippen LogP contribution in [-0.4, -0.2) is 0 Å². The van der Waals surface area contributed by atoms with Crippen molar-refractivity contribution in [3.63, 3.8) is 0 Å². The van der Waals surface area contributed by atoms with E-state index in [0.717, 1.165) is 5.92 Å². The monoisotopic (exact) mass is 138 g/mol. The third-order valence-electron chi connectivity index (χ3n) is 1.42. The van der Waals surface area contributed by atoms with Crippen LogP contribution in [0.1, 0.15) is 33.1 Å². The van der Waals surface area contributed by atoms with Gasteiger partial charge in [0.15, 0.2) is 0 Å². The van der Waals surface area contributed by atoms with Crippen LogP contribution in [0.25, 0.3) is 0 Å². The smallest absolute Gasteiger partial charge is 0.0348 e. The van der Waals surface area contributed by atoms with Crippen LogP contribution in [0.5, 0.6) is 0 Å². The molecular weight excluding hydrogens is 120 g/mol. The summed E-state index contributed by atoms with van der Waals surface area (Å²) in [5, 5.41) is 0. The Hall–Kier alpha value is -0.520. The molecule has 0 aliphatic rings. The molecule has 0 saturated carbocycles. The van der Waals surface area contributed by atoms with E-state index >= 15 is 0 Å². The van der Waals surface area contributed by atoms with Gasteiger partial charge in [-0.3, -0.25) is 0 Å². The van der Waals surface area contributed by atoms with Crippen LogP contribution in [0.3, 0.4) is 0 Å². The molecule has 0 heterocycles. The molecule has 58 valence electrons. The number of allylic oxidation sites excluding steroid dienone is 3. The van der Waals surface area contributed by atoms with E-state index in [1.165, 1.54) is 19.3 Å². The number of hydrogen-bond acceptors (Lipinski definition) is 0. The fourth-order valence-corrected chi connectivity index (χ4v) is 0.836. The Kier molecular flexibility index (Phi) is 6.25. The average molecular weight is 138 g/mol. The van der Waals surface area contributed by atoms with Crippen molar-refractivity contribution in [2.24, 2.45) is 5.92 Å². The van der Waals surface area contributed by atoms with Gasteiger partial charge in [-0.15, -0.1) is 0 Å². The minimum atomic E-state index is 0.845. The molecule has 0 fully saturated rings. The number of hydrogen-bond donors (Lipinski definition) is 0. The van der Waals surface area contributed by atoms with Gasteiger partial charge in [-0.25, -0.2) is 0 Å². The Morgan fingerprint density at radius 1 is 1.40 bits per heavy atom. The van der Waals surface area contributed by atoms with Gasteiger partial charge in [-0.2, -0.15) is 0 Å². The van der Waals surface area contributed by atoms with Crippen LogP contribution in [0.4, 0.5) is 0 Å². The highest BCUT2D eigenvalue weighted by Gasteiger charge is 1.90. The van der Waals surface area contributed by atoms with Crippen molar-refractivity contribution < 1.29 is 0 Å². The Balaban J connectivity index is 3.04. The lowest BCUT2D eigenvalue weighted by Gasteiger charge is -1.99. The van der Waals surface area contributed by atoms with Gasteiger partial charge in [0.2, 0.25) is 0 Å². The third-order valence-corrected chi connectivity index (χ3v) is 1.42. The molecule has 0 aromatic carbocycles. The Morgan fingerprint density at radius 2 is 2.10 bits per heavy atom. The highest BCUT2D eigenvalue weighted by Crippen LogP contribution is 2.06. The topological polar surface area (TPSA) is 0 Å². The molecule has 0 heteroatoms. The molecule has 0 atom stereocenters. The van der Waals surface area contributed by atoms with Crippen LogP contribution < -0.4 is 0 Å². The van der Waals surface area contributed by atoms with Gasteiger partial charge in [0, 0.05) is 0 Å². The van der Waals surface area contributed by atoms with Gasteiger partial charge in [0.25, 0.3) is 0 Å². The summed E-state index contributed by atoms with van der Waals surface area (Å²) in [5.74, 6) is 0.845. The maximum Gasteiger partial charge on any atom is -0.0348 e. The molecule has 0 N–H and O–H groups in total.